The minimum absolute atomic E-state index is 0.291. The summed E-state index contributed by atoms with van der Waals surface area (Å²) >= 11 is 0. The van der Waals surface area contributed by atoms with Crippen LogP contribution < -0.4 is 10.5 Å². The Morgan fingerprint density at radius 1 is 1.33 bits per heavy atom. The first kappa shape index (κ1) is 15.2. The number of hydrogen-bond donors (Lipinski definition) is 1. The predicted octanol–water partition coefficient (Wildman–Crippen LogP) is 0.888. The van der Waals surface area contributed by atoms with Gasteiger partial charge < -0.3 is 20.1 Å². The summed E-state index contributed by atoms with van der Waals surface area (Å²) in [7, 11) is 0. The Hall–Kier alpha value is -2.19. The van der Waals surface area contributed by atoms with E-state index in [1.807, 2.05) is 24.3 Å². The number of aliphatic imine (C=N–C) groups is 1. The van der Waals surface area contributed by atoms with E-state index in [9.17, 15) is 0 Å². The monoisotopic (exact) mass is 287 g/mol. The number of terminal acetylenes is 1. The number of ether oxygens (including phenoxy) is 2. The highest BCUT2D eigenvalue weighted by atomic mass is 16.5. The number of benzene rings is 1. The van der Waals surface area contributed by atoms with E-state index < -0.39 is 0 Å². The molecule has 0 aliphatic carbocycles. The van der Waals surface area contributed by atoms with Crippen LogP contribution in [0.15, 0.2) is 29.3 Å². The summed E-state index contributed by atoms with van der Waals surface area (Å²) in [6.45, 7) is 4.03. The van der Waals surface area contributed by atoms with Gasteiger partial charge >= 0.3 is 0 Å². The molecule has 0 aromatic heterocycles. The average molecular weight is 287 g/mol. The van der Waals surface area contributed by atoms with Gasteiger partial charge in [0.05, 0.1) is 13.2 Å². The van der Waals surface area contributed by atoms with Crippen molar-refractivity contribution < 1.29 is 9.47 Å². The average Bonchev–Trinajstić information content (AvgIpc) is 2.55. The quantitative estimate of drug-likeness (QED) is 0.496. The van der Waals surface area contributed by atoms with Crippen LogP contribution in [0.3, 0.4) is 0 Å². The van der Waals surface area contributed by atoms with Crippen molar-refractivity contribution in [3.8, 4) is 18.1 Å². The molecule has 0 saturated carbocycles. The Morgan fingerprint density at radius 2 is 2.05 bits per heavy atom. The first-order chi connectivity index (χ1) is 10.3. The van der Waals surface area contributed by atoms with Crippen LogP contribution in [0.25, 0.3) is 0 Å². The molecular weight excluding hydrogens is 266 g/mol. The summed E-state index contributed by atoms with van der Waals surface area (Å²) in [5.41, 5.74) is 7.17. The summed E-state index contributed by atoms with van der Waals surface area (Å²) in [5, 5.41) is 0. The zero-order valence-electron chi connectivity index (χ0n) is 12.1. The first-order valence-electron chi connectivity index (χ1n) is 7.07. The van der Waals surface area contributed by atoms with Crippen LogP contribution in [0.1, 0.15) is 5.56 Å². The van der Waals surface area contributed by atoms with E-state index >= 15 is 0 Å². The molecule has 0 bridgehead atoms. The van der Waals surface area contributed by atoms with Crippen LogP contribution in [0, 0.1) is 12.3 Å². The van der Waals surface area contributed by atoms with Gasteiger partial charge in [0.1, 0.15) is 12.4 Å². The third-order valence-corrected chi connectivity index (χ3v) is 3.25. The maximum absolute atomic E-state index is 5.97. The molecule has 1 saturated heterocycles. The maximum Gasteiger partial charge on any atom is 0.191 e. The van der Waals surface area contributed by atoms with Crippen molar-refractivity contribution in [2.45, 2.75) is 6.42 Å². The molecule has 0 radical (unpaired) electrons. The molecule has 1 fully saturated rings. The maximum atomic E-state index is 5.97. The molecule has 5 heteroatoms. The number of nitrogens with two attached hydrogens (primary N) is 1. The number of nitrogens with zero attached hydrogens (tertiary/aromatic N) is 2. The lowest BCUT2D eigenvalue weighted by atomic mass is 10.1. The second kappa shape index (κ2) is 8.18. The molecule has 1 aromatic rings. The Balaban J connectivity index is 1.78. The van der Waals surface area contributed by atoms with Crippen LogP contribution >= 0.6 is 0 Å². The van der Waals surface area contributed by atoms with Gasteiger partial charge in [0.25, 0.3) is 0 Å². The third kappa shape index (κ3) is 5.01. The number of morpholine rings is 1. The zero-order chi connectivity index (χ0) is 14.9. The van der Waals surface area contributed by atoms with Crippen molar-refractivity contribution in [2.75, 3.05) is 39.5 Å². The SMILES string of the molecule is C#CCOc1ccc(CCN=C(N)N2CCOCC2)cc1. The van der Waals surface area contributed by atoms with Crippen LogP contribution in [-0.2, 0) is 11.2 Å². The van der Waals surface area contributed by atoms with Gasteiger partial charge in [0.2, 0.25) is 0 Å². The van der Waals surface area contributed by atoms with E-state index in [-0.39, 0.29) is 0 Å². The second-order valence-electron chi connectivity index (χ2n) is 4.73. The Kier molecular flexibility index (Phi) is 5.92. The van der Waals surface area contributed by atoms with E-state index in [0.29, 0.717) is 19.1 Å². The normalized spacial score (nSPS) is 15.6. The third-order valence-electron chi connectivity index (χ3n) is 3.25. The molecule has 21 heavy (non-hydrogen) atoms. The summed E-state index contributed by atoms with van der Waals surface area (Å²) in [6, 6.07) is 7.88. The van der Waals surface area contributed by atoms with Crippen LogP contribution in [-0.4, -0.2) is 50.3 Å². The van der Waals surface area contributed by atoms with Gasteiger partial charge in [-0.25, -0.2) is 0 Å². The van der Waals surface area contributed by atoms with Crippen molar-refractivity contribution in [1.29, 1.82) is 0 Å². The molecule has 1 aliphatic heterocycles. The molecule has 2 N–H and O–H groups in total. The Morgan fingerprint density at radius 3 is 2.71 bits per heavy atom. The van der Waals surface area contributed by atoms with Gasteiger partial charge in [0, 0.05) is 19.6 Å². The van der Waals surface area contributed by atoms with Crippen molar-refractivity contribution >= 4 is 5.96 Å². The largest absolute Gasteiger partial charge is 0.481 e. The number of rotatable bonds is 5. The molecule has 1 aliphatic rings. The van der Waals surface area contributed by atoms with Gasteiger partial charge in [-0.2, -0.15) is 0 Å². The molecule has 112 valence electrons. The van der Waals surface area contributed by atoms with Crippen molar-refractivity contribution in [1.82, 2.24) is 4.90 Å². The fourth-order valence-corrected chi connectivity index (χ4v) is 2.07. The van der Waals surface area contributed by atoms with Crippen molar-refractivity contribution in [2.24, 2.45) is 10.7 Å². The van der Waals surface area contributed by atoms with Crippen molar-refractivity contribution in [3.63, 3.8) is 0 Å². The highest BCUT2D eigenvalue weighted by Crippen LogP contribution is 2.12. The number of hydrogen-bond acceptors (Lipinski definition) is 3. The molecular formula is C16H21N3O2. The fourth-order valence-electron chi connectivity index (χ4n) is 2.07. The van der Waals surface area contributed by atoms with Crippen LogP contribution in [0.5, 0.6) is 5.75 Å². The molecule has 1 aromatic carbocycles. The highest BCUT2D eigenvalue weighted by Gasteiger charge is 2.11. The topological polar surface area (TPSA) is 60.1 Å². The predicted molar refractivity (Wildman–Crippen MR) is 83.4 cm³/mol. The second-order valence-corrected chi connectivity index (χ2v) is 4.73. The van der Waals surface area contributed by atoms with Gasteiger partial charge in [0.15, 0.2) is 5.96 Å². The van der Waals surface area contributed by atoms with E-state index in [0.717, 1.165) is 38.5 Å². The fraction of sp³-hybridized carbons (Fsp3) is 0.438. The molecule has 1 heterocycles. The summed E-state index contributed by atoms with van der Waals surface area (Å²) in [5.74, 6) is 3.83. The molecule has 0 spiro atoms. The van der Waals surface area contributed by atoms with E-state index in [1.54, 1.807) is 0 Å². The molecule has 0 amide bonds. The van der Waals surface area contributed by atoms with Gasteiger partial charge in [-0.1, -0.05) is 18.1 Å². The van der Waals surface area contributed by atoms with E-state index in [4.69, 9.17) is 21.6 Å². The van der Waals surface area contributed by atoms with Crippen LogP contribution in [0.2, 0.25) is 0 Å². The summed E-state index contributed by atoms with van der Waals surface area (Å²) < 4.78 is 10.6. The minimum Gasteiger partial charge on any atom is -0.481 e. The first-order valence-corrected chi connectivity index (χ1v) is 7.07. The van der Waals surface area contributed by atoms with Gasteiger partial charge in [-0.15, -0.1) is 6.42 Å². The Bertz CT molecular complexity index is 499. The standard InChI is InChI=1S/C16H21N3O2/c1-2-11-21-15-5-3-14(4-6-15)7-8-18-16(17)19-9-12-20-13-10-19/h1,3-6H,7-13H2,(H2,17,18). The molecule has 0 unspecified atom stereocenters. The summed E-state index contributed by atoms with van der Waals surface area (Å²) in [4.78, 5) is 6.48. The minimum atomic E-state index is 0.291. The lowest BCUT2D eigenvalue weighted by molar-refractivity contribution is 0.0674. The number of guanidine groups is 1. The molecule has 0 atom stereocenters. The van der Waals surface area contributed by atoms with Crippen LogP contribution in [0.4, 0.5) is 0 Å². The zero-order valence-corrected chi connectivity index (χ0v) is 12.1. The van der Waals surface area contributed by atoms with Crippen molar-refractivity contribution in [3.05, 3.63) is 29.8 Å². The van der Waals surface area contributed by atoms with Gasteiger partial charge in [-0.3, -0.25) is 4.99 Å². The van der Waals surface area contributed by atoms with E-state index in [2.05, 4.69) is 15.8 Å². The highest BCUT2D eigenvalue weighted by molar-refractivity contribution is 5.78. The smallest absolute Gasteiger partial charge is 0.191 e. The Labute approximate surface area is 125 Å². The molecule has 5 nitrogen and oxygen atoms in total. The molecule has 2 rings (SSSR count). The summed E-state index contributed by atoms with van der Waals surface area (Å²) in [6.07, 6.45) is 6.00. The van der Waals surface area contributed by atoms with E-state index in [1.165, 1.54) is 5.56 Å². The lowest BCUT2D eigenvalue weighted by Gasteiger charge is -2.27. The lowest BCUT2D eigenvalue weighted by Crippen LogP contribution is -2.44. The van der Waals surface area contributed by atoms with Gasteiger partial charge in [-0.05, 0) is 24.1 Å².